The molecule has 9 aromatic rings. The first kappa shape index (κ1) is 34.2. The summed E-state index contributed by atoms with van der Waals surface area (Å²) in [6, 6.07) is 39.9. The molecule has 2 aromatic heterocycles. The van der Waals surface area contributed by atoms with Gasteiger partial charge in [0.25, 0.3) is 0 Å². The second kappa shape index (κ2) is 17.8. The van der Waals surface area contributed by atoms with E-state index in [0.29, 0.717) is 28.0 Å². The topological polar surface area (TPSA) is 50.9 Å². The summed E-state index contributed by atoms with van der Waals surface area (Å²) in [4.78, 5) is 9.97. The molecule has 0 saturated heterocycles. The molecule has 0 saturated carbocycles. The molecule has 1 N–H and O–H groups in total. The molecule has 0 bridgehead atoms. The summed E-state index contributed by atoms with van der Waals surface area (Å²) in [5, 5.41) is 12.3. The third-order valence-corrected chi connectivity index (χ3v) is 11.4. The largest absolute Gasteiger partial charge is 0.507 e. The predicted molar refractivity (Wildman–Crippen MR) is 259 cm³/mol. The number of hydrogen-bond donors (Lipinski definition) is 1. The van der Waals surface area contributed by atoms with Crippen LogP contribution in [0.4, 0.5) is 0 Å². The molecular formula is C58H52N3OPt-. The first-order valence-corrected chi connectivity index (χ1v) is 21.0. The molecule has 63 heavy (non-hydrogen) atoms. The Labute approximate surface area is 397 Å². The zero-order valence-electron chi connectivity index (χ0n) is 44.3. The number of para-hydroxylation sites is 1. The van der Waals surface area contributed by atoms with Crippen molar-refractivity contribution in [3.63, 3.8) is 0 Å². The monoisotopic (exact) mass is 1010 g/mol. The number of phenols is 1. The molecule has 0 spiro atoms. The van der Waals surface area contributed by atoms with Crippen LogP contribution in [0.3, 0.4) is 0 Å². The number of pyridine rings is 1. The van der Waals surface area contributed by atoms with Gasteiger partial charge in [-0.1, -0.05) is 186 Å². The Balaban J connectivity index is 0.00000676. The van der Waals surface area contributed by atoms with Crippen molar-refractivity contribution < 1.29 is 37.1 Å². The van der Waals surface area contributed by atoms with Gasteiger partial charge < -0.3 is 5.11 Å². The van der Waals surface area contributed by atoms with E-state index in [1.54, 1.807) is 6.07 Å². The minimum Gasteiger partial charge on any atom is -0.507 e. The van der Waals surface area contributed by atoms with Crippen molar-refractivity contribution in [2.75, 3.05) is 0 Å². The van der Waals surface area contributed by atoms with Gasteiger partial charge in [-0.15, -0.1) is 23.8 Å². The standard InChI is InChI=1S/C58H52N3O.Pt/c1-37(2)43-33-51(38(3)4)56(62)52(34-43)57-60-55-50(24-17-25-54(55)61(57)49-32-45(41-22-15-10-16-23-41)31-48(36-49)58(5,6)7)46-28-44(40-20-13-9-14-21-40)29-47(30-46)53-35-42(26-27-59-53)39-18-11-8-12-19-39;/h8-29,31-38,62H,1-7H3;/q-1;/i8D,11D,12D,18D,19D,26D,27D,35D;. The van der Waals surface area contributed by atoms with Crippen molar-refractivity contribution in [3.05, 3.63) is 193 Å². The molecule has 0 aliphatic rings. The van der Waals surface area contributed by atoms with Crippen molar-refractivity contribution in [2.24, 2.45) is 0 Å². The Hall–Kier alpha value is -6.35. The number of phenolic OH excluding ortho intramolecular Hbond substituents is 1. The maximum absolute atomic E-state index is 12.3. The van der Waals surface area contributed by atoms with E-state index < -0.39 is 42.4 Å². The zero-order chi connectivity index (χ0) is 50.1. The number of aromatic nitrogens is 3. The number of aromatic hydroxyl groups is 1. The van der Waals surface area contributed by atoms with Crippen LogP contribution in [-0.4, -0.2) is 19.6 Å². The first-order valence-electron chi connectivity index (χ1n) is 25.0. The minimum absolute atomic E-state index is 0. The van der Waals surface area contributed by atoms with Crippen LogP contribution < -0.4 is 0 Å². The Kier molecular flexibility index (Phi) is 9.65. The van der Waals surface area contributed by atoms with Gasteiger partial charge in [-0.3, -0.25) is 9.55 Å². The quantitative estimate of drug-likeness (QED) is 0.147. The predicted octanol–water partition coefficient (Wildman–Crippen LogP) is 15.5. The SMILES string of the molecule is [2H]c1nc(-c2[c-]c(-c3cccc4c3nc(-c3cc(C(C)C)cc(C(C)C)c3O)n4-c3cc(-c4ccccc4)cc(C(C)(C)C)c3)cc(-c3ccccc3)c2)c([2H])c(-c2c([2H])c([2H])c([2H])c([2H])c2[2H])c1[2H].[Pt]. The average Bonchev–Trinajstić information content (AvgIpc) is 3.74. The summed E-state index contributed by atoms with van der Waals surface area (Å²) in [5.41, 5.74) is 10.0. The van der Waals surface area contributed by atoms with Crippen LogP contribution in [0.15, 0.2) is 170 Å². The Bertz CT molecular complexity index is 3500. The van der Waals surface area contributed by atoms with E-state index in [0.717, 1.165) is 50.1 Å². The van der Waals surface area contributed by atoms with Crippen molar-refractivity contribution in [2.45, 2.75) is 65.7 Å². The summed E-state index contributed by atoms with van der Waals surface area (Å²) >= 11 is 0. The molecule has 316 valence electrons. The van der Waals surface area contributed by atoms with Gasteiger partial charge >= 0.3 is 0 Å². The molecule has 4 nitrogen and oxygen atoms in total. The van der Waals surface area contributed by atoms with Gasteiger partial charge in [0.2, 0.25) is 0 Å². The van der Waals surface area contributed by atoms with E-state index >= 15 is 0 Å². The van der Waals surface area contributed by atoms with E-state index in [1.165, 1.54) is 0 Å². The number of imidazole rings is 1. The molecule has 0 radical (unpaired) electrons. The molecular weight excluding hydrogens is 950 g/mol. The molecule has 2 heterocycles. The molecule has 0 amide bonds. The smallest absolute Gasteiger partial charge is 0.148 e. The van der Waals surface area contributed by atoms with E-state index in [1.807, 2.05) is 78.9 Å². The van der Waals surface area contributed by atoms with Gasteiger partial charge in [0, 0.05) is 38.6 Å². The number of fused-ring (bicyclic) bond motifs is 1. The van der Waals surface area contributed by atoms with Crippen molar-refractivity contribution in [1.82, 2.24) is 14.5 Å². The maximum atomic E-state index is 12.3. The molecule has 0 aliphatic carbocycles. The molecule has 7 aromatic carbocycles. The molecule has 0 fully saturated rings. The number of rotatable bonds is 9. The summed E-state index contributed by atoms with van der Waals surface area (Å²) < 4.78 is 71.8. The summed E-state index contributed by atoms with van der Waals surface area (Å²) in [5.74, 6) is 0.856. The number of hydrogen-bond acceptors (Lipinski definition) is 3. The fourth-order valence-electron chi connectivity index (χ4n) is 7.94. The molecule has 9 rings (SSSR count). The van der Waals surface area contributed by atoms with Crippen LogP contribution in [0, 0.1) is 6.07 Å². The van der Waals surface area contributed by atoms with Gasteiger partial charge in [-0.05, 0) is 92.1 Å². The van der Waals surface area contributed by atoms with E-state index in [9.17, 15) is 6.48 Å². The van der Waals surface area contributed by atoms with Crippen molar-refractivity contribution in [3.8, 4) is 78.6 Å². The fourth-order valence-corrected chi connectivity index (χ4v) is 7.94. The minimum atomic E-state index is -0.613. The average molecular weight is 1010 g/mol. The van der Waals surface area contributed by atoms with E-state index in [2.05, 4.69) is 100 Å². The van der Waals surface area contributed by atoms with Crippen LogP contribution in [0.5, 0.6) is 5.75 Å². The number of benzene rings is 7. The Morgan fingerprint density at radius 2 is 1.30 bits per heavy atom. The van der Waals surface area contributed by atoms with Gasteiger partial charge in [-0.25, -0.2) is 4.98 Å². The molecule has 5 heteroatoms. The third kappa shape index (κ3) is 8.70. The third-order valence-electron chi connectivity index (χ3n) is 11.4. The van der Waals surface area contributed by atoms with Crippen LogP contribution in [0.25, 0.3) is 83.9 Å². The van der Waals surface area contributed by atoms with Crippen LogP contribution >= 0.6 is 0 Å². The summed E-state index contributed by atoms with van der Waals surface area (Å²) in [7, 11) is 0. The molecule has 0 atom stereocenters. The normalized spacial score (nSPS) is 13.4. The summed E-state index contributed by atoms with van der Waals surface area (Å²) in [6.07, 6.45) is -0.532. The van der Waals surface area contributed by atoms with Gasteiger partial charge in [0.15, 0.2) is 0 Å². The van der Waals surface area contributed by atoms with Gasteiger partial charge in [0.1, 0.15) is 11.6 Å². The fraction of sp³-hybridized carbons (Fsp3) is 0.172. The number of nitrogens with zero attached hydrogens (tertiary/aromatic N) is 3. The van der Waals surface area contributed by atoms with Crippen LogP contribution in [0.1, 0.15) is 88.0 Å². The second-order valence-electron chi connectivity index (χ2n) is 17.4. The van der Waals surface area contributed by atoms with Gasteiger partial charge in [0.05, 0.1) is 27.6 Å². The van der Waals surface area contributed by atoms with Gasteiger partial charge in [-0.2, -0.15) is 0 Å². The first-order chi connectivity index (χ1) is 33.2. The molecule has 0 unspecified atom stereocenters. The van der Waals surface area contributed by atoms with E-state index in [-0.39, 0.29) is 72.5 Å². The summed E-state index contributed by atoms with van der Waals surface area (Å²) in [6.45, 7) is 15.0. The van der Waals surface area contributed by atoms with E-state index in [4.69, 9.17) is 14.6 Å². The zero-order valence-corrected chi connectivity index (χ0v) is 38.6. The Morgan fingerprint density at radius 3 is 1.95 bits per heavy atom. The van der Waals surface area contributed by atoms with Crippen molar-refractivity contribution in [1.29, 1.82) is 0 Å². The second-order valence-corrected chi connectivity index (χ2v) is 17.4. The maximum Gasteiger partial charge on any atom is 0.148 e. The van der Waals surface area contributed by atoms with Crippen molar-refractivity contribution >= 4 is 11.0 Å². The molecule has 0 aliphatic heterocycles. The Morgan fingerprint density at radius 1 is 0.635 bits per heavy atom. The van der Waals surface area contributed by atoms with Crippen LogP contribution in [0.2, 0.25) is 0 Å². The van der Waals surface area contributed by atoms with Crippen LogP contribution in [-0.2, 0) is 26.5 Å².